The molecular weight excluding hydrogens is 713 g/mol. The first-order valence-electron chi connectivity index (χ1n) is 14.2. The van der Waals surface area contributed by atoms with Crippen molar-refractivity contribution in [2.24, 2.45) is 0 Å². The summed E-state index contributed by atoms with van der Waals surface area (Å²) in [5.41, 5.74) is 5.70. The Morgan fingerprint density at radius 2 is 1.56 bits per heavy atom. The van der Waals surface area contributed by atoms with Crippen molar-refractivity contribution in [2.75, 3.05) is 0 Å². The molecule has 3 heterocycles. The second-order valence-corrected chi connectivity index (χ2v) is 17.7. The van der Waals surface area contributed by atoms with Gasteiger partial charge in [-0.05, 0) is 58.4 Å². The van der Waals surface area contributed by atoms with Gasteiger partial charge in [0.1, 0.15) is 0 Å². The molecular formula is C36H34IrN2SSi-2. The van der Waals surface area contributed by atoms with Crippen molar-refractivity contribution in [1.82, 2.24) is 9.97 Å². The van der Waals surface area contributed by atoms with Crippen LogP contribution in [0, 0.1) is 12.1 Å². The number of nitrogens with zero attached hydrogens (tertiary/aromatic N) is 2. The van der Waals surface area contributed by atoms with E-state index in [0.717, 1.165) is 22.5 Å². The van der Waals surface area contributed by atoms with Crippen LogP contribution in [0.5, 0.6) is 0 Å². The first-order valence-corrected chi connectivity index (χ1v) is 18.5. The van der Waals surface area contributed by atoms with Gasteiger partial charge in [0.05, 0.1) is 8.07 Å². The number of hydrogen-bond donors (Lipinski definition) is 0. The molecule has 209 valence electrons. The predicted octanol–water partition coefficient (Wildman–Crippen LogP) is 9.67. The fourth-order valence-corrected chi connectivity index (χ4v) is 8.08. The zero-order valence-corrected chi connectivity index (χ0v) is 28.0. The second kappa shape index (κ2) is 12.9. The second-order valence-electron chi connectivity index (χ2n) is 11.6. The van der Waals surface area contributed by atoms with E-state index in [1.807, 2.05) is 60.0 Å². The summed E-state index contributed by atoms with van der Waals surface area (Å²) in [5.74, 6) is 0.711. The molecule has 0 unspecified atom stereocenters. The number of pyridine rings is 2. The van der Waals surface area contributed by atoms with E-state index >= 15 is 0 Å². The fraction of sp³-hybridized carbons (Fsp3) is 0.222. The molecule has 3 aromatic carbocycles. The van der Waals surface area contributed by atoms with Crippen LogP contribution in [0.4, 0.5) is 0 Å². The van der Waals surface area contributed by atoms with Crippen molar-refractivity contribution in [3.05, 3.63) is 115 Å². The Bertz CT molecular complexity index is 1700. The molecule has 1 radical (unpaired) electrons. The van der Waals surface area contributed by atoms with Crippen LogP contribution in [0.2, 0.25) is 19.6 Å². The topological polar surface area (TPSA) is 25.8 Å². The SMILES string of the molecule is C[Si](C)(C)c1ccc2c(c1)sc1c(-c3cc(C4CCCC4)ccn3)[c-]ccc12.[Ir].[c-]1ccccc1-c1ccccn1. The maximum Gasteiger partial charge on any atom is 0.0776 e. The zero-order valence-electron chi connectivity index (χ0n) is 23.8. The van der Waals surface area contributed by atoms with Crippen molar-refractivity contribution in [3.8, 4) is 22.5 Å². The number of thiophene rings is 1. The summed E-state index contributed by atoms with van der Waals surface area (Å²) < 4.78 is 2.71. The fourth-order valence-electron chi connectivity index (χ4n) is 5.57. The minimum Gasteiger partial charge on any atom is -0.305 e. The Morgan fingerprint density at radius 1 is 0.756 bits per heavy atom. The molecule has 0 aliphatic heterocycles. The van der Waals surface area contributed by atoms with Crippen LogP contribution >= 0.6 is 11.3 Å². The van der Waals surface area contributed by atoms with Gasteiger partial charge in [0.2, 0.25) is 0 Å². The van der Waals surface area contributed by atoms with Gasteiger partial charge in [-0.15, -0.1) is 59.7 Å². The molecule has 41 heavy (non-hydrogen) atoms. The van der Waals surface area contributed by atoms with Gasteiger partial charge in [0.15, 0.2) is 0 Å². The number of hydrogen-bond acceptors (Lipinski definition) is 3. The molecule has 3 aromatic heterocycles. The molecule has 1 aliphatic carbocycles. The van der Waals surface area contributed by atoms with Crippen LogP contribution in [-0.4, -0.2) is 18.0 Å². The summed E-state index contributed by atoms with van der Waals surface area (Å²) in [4.78, 5) is 8.96. The molecule has 0 amide bonds. The number of fused-ring (bicyclic) bond motifs is 3. The molecule has 1 saturated carbocycles. The maximum atomic E-state index is 4.74. The van der Waals surface area contributed by atoms with Crippen LogP contribution in [0.25, 0.3) is 42.7 Å². The van der Waals surface area contributed by atoms with E-state index in [1.54, 1.807) is 6.20 Å². The van der Waals surface area contributed by atoms with Gasteiger partial charge in [-0.1, -0.05) is 79.0 Å². The summed E-state index contributed by atoms with van der Waals surface area (Å²) in [6, 6.07) is 36.2. The average Bonchev–Trinajstić information content (AvgIpc) is 3.66. The third kappa shape index (κ3) is 6.60. The smallest absolute Gasteiger partial charge is 0.0776 e. The van der Waals surface area contributed by atoms with E-state index in [-0.39, 0.29) is 20.1 Å². The Kier molecular flexibility index (Phi) is 9.30. The van der Waals surface area contributed by atoms with E-state index in [9.17, 15) is 0 Å². The van der Waals surface area contributed by atoms with Crippen molar-refractivity contribution < 1.29 is 20.1 Å². The van der Waals surface area contributed by atoms with Crippen molar-refractivity contribution in [2.45, 2.75) is 51.2 Å². The third-order valence-corrected chi connectivity index (χ3v) is 11.0. The Hall–Kier alpha value is -2.95. The molecule has 6 aromatic rings. The Labute approximate surface area is 262 Å². The average molecular weight is 747 g/mol. The molecule has 0 atom stereocenters. The van der Waals surface area contributed by atoms with Gasteiger partial charge < -0.3 is 9.97 Å². The van der Waals surface area contributed by atoms with Crippen LogP contribution in [0.1, 0.15) is 37.2 Å². The summed E-state index contributed by atoms with van der Waals surface area (Å²) >= 11 is 1.90. The van der Waals surface area contributed by atoms with E-state index < -0.39 is 8.07 Å². The number of aromatic nitrogens is 2. The molecule has 2 nitrogen and oxygen atoms in total. The molecule has 0 N–H and O–H groups in total. The van der Waals surface area contributed by atoms with Crippen LogP contribution in [-0.2, 0) is 20.1 Å². The minimum absolute atomic E-state index is 0. The largest absolute Gasteiger partial charge is 0.305 e. The summed E-state index contributed by atoms with van der Waals surface area (Å²) in [6.07, 6.45) is 9.14. The van der Waals surface area contributed by atoms with Crippen molar-refractivity contribution in [1.29, 1.82) is 0 Å². The van der Waals surface area contributed by atoms with E-state index in [4.69, 9.17) is 4.98 Å². The third-order valence-electron chi connectivity index (χ3n) is 7.82. The minimum atomic E-state index is -1.31. The standard InChI is InChI=1S/C25H26NSSi.C11H8N.Ir/c1-28(2,3)19-11-12-20-21-9-6-10-22(25(21)27-24(20)16-19)23-15-18(13-14-26-23)17-7-4-5-8-17;1-2-6-10(7-3-1)11-8-4-5-9-12-11;/h6,9,11-17H,4-5,7-8H2,1-3H3;1-6,8-9H;/q2*-1;. The van der Waals surface area contributed by atoms with Gasteiger partial charge in [0, 0.05) is 37.2 Å². The monoisotopic (exact) mass is 747 g/mol. The van der Waals surface area contributed by atoms with Gasteiger partial charge in [-0.25, -0.2) is 0 Å². The first-order chi connectivity index (χ1) is 19.5. The zero-order chi connectivity index (χ0) is 27.5. The van der Waals surface area contributed by atoms with Crippen LogP contribution in [0.3, 0.4) is 0 Å². The van der Waals surface area contributed by atoms with Crippen LogP contribution in [0.15, 0.2) is 97.3 Å². The van der Waals surface area contributed by atoms with E-state index in [1.165, 1.54) is 56.6 Å². The Morgan fingerprint density at radius 3 is 2.29 bits per heavy atom. The molecule has 7 rings (SSSR count). The maximum absolute atomic E-state index is 4.74. The Balaban J connectivity index is 0.000000218. The molecule has 1 aliphatic rings. The normalized spacial score (nSPS) is 13.5. The van der Waals surface area contributed by atoms with E-state index in [0.29, 0.717) is 5.92 Å². The molecule has 1 fully saturated rings. The first kappa shape index (κ1) is 29.5. The van der Waals surface area contributed by atoms with Crippen LogP contribution < -0.4 is 5.19 Å². The summed E-state index contributed by atoms with van der Waals surface area (Å²) in [7, 11) is -1.31. The summed E-state index contributed by atoms with van der Waals surface area (Å²) in [5, 5.41) is 4.23. The summed E-state index contributed by atoms with van der Waals surface area (Å²) in [6.45, 7) is 7.25. The molecule has 0 saturated heterocycles. The van der Waals surface area contributed by atoms with Gasteiger partial charge in [-0.3, -0.25) is 0 Å². The molecule has 5 heteroatoms. The van der Waals surface area contributed by atoms with Crippen molar-refractivity contribution in [3.63, 3.8) is 0 Å². The molecule has 0 spiro atoms. The molecule has 0 bridgehead atoms. The number of benzene rings is 3. The van der Waals surface area contributed by atoms with Gasteiger partial charge in [0.25, 0.3) is 0 Å². The van der Waals surface area contributed by atoms with E-state index in [2.05, 4.69) is 79.2 Å². The van der Waals surface area contributed by atoms with Gasteiger partial charge in [-0.2, -0.15) is 11.3 Å². The predicted molar refractivity (Wildman–Crippen MR) is 174 cm³/mol. The number of rotatable bonds is 4. The van der Waals surface area contributed by atoms with Gasteiger partial charge >= 0.3 is 0 Å². The quantitative estimate of drug-likeness (QED) is 0.133. The van der Waals surface area contributed by atoms with Crippen molar-refractivity contribution >= 4 is 44.8 Å².